The van der Waals surface area contributed by atoms with E-state index < -0.39 is 0 Å². The molecule has 0 atom stereocenters. The highest BCUT2D eigenvalue weighted by Gasteiger charge is 2.20. The molecule has 5 nitrogen and oxygen atoms in total. The summed E-state index contributed by atoms with van der Waals surface area (Å²) >= 11 is 0. The lowest BCUT2D eigenvalue weighted by molar-refractivity contribution is -0.134. The van der Waals surface area contributed by atoms with Crippen LogP contribution < -0.4 is 10.5 Å². The first kappa shape index (κ1) is 18.0. The Labute approximate surface area is 154 Å². The van der Waals surface area contributed by atoms with Crippen LogP contribution in [0.15, 0.2) is 54.6 Å². The van der Waals surface area contributed by atoms with E-state index in [-0.39, 0.29) is 11.9 Å². The lowest BCUT2D eigenvalue weighted by atomic mass is 9.92. The fourth-order valence-corrected chi connectivity index (χ4v) is 3.31. The van der Waals surface area contributed by atoms with Crippen molar-refractivity contribution in [3.63, 3.8) is 0 Å². The number of hydrogen-bond acceptors (Lipinski definition) is 3. The topological polar surface area (TPSA) is 79.4 Å². The third-order valence-corrected chi connectivity index (χ3v) is 4.91. The molecule has 1 aliphatic rings. The second kappa shape index (κ2) is 8.52. The lowest BCUT2D eigenvalue weighted by Gasteiger charge is -2.31. The number of nitrogens with two attached hydrogens (primary N) is 1. The maximum absolute atomic E-state index is 12.1. The van der Waals surface area contributed by atoms with Gasteiger partial charge in [0.15, 0.2) is 5.96 Å². The first-order valence-electron chi connectivity index (χ1n) is 9.07. The summed E-state index contributed by atoms with van der Waals surface area (Å²) in [5.41, 5.74) is 7.74. The number of nitrogens with one attached hydrogen (secondary N) is 1. The highest BCUT2D eigenvalue weighted by atomic mass is 16.5. The largest absolute Gasteiger partial charge is 0.427 e. The molecule has 0 radical (unpaired) electrons. The molecule has 0 unspecified atom stereocenters. The predicted octanol–water partition coefficient (Wildman–Crippen LogP) is 3.64. The minimum absolute atomic E-state index is 0.141. The van der Waals surface area contributed by atoms with Gasteiger partial charge in [0, 0.05) is 19.5 Å². The summed E-state index contributed by atoms with van der Waals surface area (Å²) < 4.78 is 5.45. The molecule has 0 aromatic heterocycles. The third-order valence-electron chi connectivity index (χ3n) is 4.91. The van der Waals surface area contributed by atoms with Gasteiger partial charge >= 0.3 is 5.97 Å². The van der Waals surface area contributed by atoms with Crippen LogP contribution in [0.3, 0.4) is 0 Å². The Morgan fingerprint density at radius 2 is 1.65 bits per heavy atom. The minimum atomic E-state index is -0.188. The van der Waals surface area contributed by atoms with Gasteiger partial charge in [0.1, 0.15) is 5.75 Å². The zero-order valence-electron chi connectivity index (χ0n) is 14.9. The van der Waals surface area contributed by atoms with Crippen molar-refractivity contribution >= 4 is 11.9 Å². The molecule has 1 heterocycles. The van der Waals surface area contributed by atoms with Crippen LogP contribution in [-0.2, 0) is 4.79 Å². The predicted molar refractivity (Wildman–Crippen MR) is 103 cm³/mol. The smallest absolute Gasteiger partial charge is 0.311 e. The van der Waals surface area contributed by atoms with Gasteiger partial charge in [0.05, 0.1) is 0 Å². The molecule has 3 rings (SSSR count). The molecule has 2 aromatic rings. The minimum Gasteiger partial charge on any atom is -0.427 e. The summed E-state index contributed by atoms with van der Waals surface area (Å²) in [6.45, 7) is 1.60. The van der Waals surface area contributed by atoms with E-state index in [4.69, 9.17) is 15.9 Å². The molecule has 5 heteroatoms. The Hall–Kier alpha value is -2.82. The SMILES string of the molecule is N=C(N)N1CCC(CCC(=O)Oc2ccc(-c3ccccc3)cc2)CC1. The van der Waals surface area contributed by atoms with Gasteiger partial charge in [0.2, 0.25) is 0 Å². The molecular weight excluding hydrogens is 326 g/mol. The zero-order chi connectivity index (χ0) is 18.4. The summed E-state index contributed by atoms with van der Waals surface area (Å²) in [6.07, 6.45) is 3.19. The fourth-order valence-electron chi connectivity index (χ4n) is 3.31. The van der Waals surface area contributed by atoms with Gasteiger partial charge in [-0.2, -0.15) is 0 Å². The monoisotopic (exact) mass is 351 g/mol. The van der Waals surface area contributed by atoms with Crippen molar-refractivity contribution in [1.82, 2.24) is 4.90 Å². The van der Waals surface area contributed by atoms with E-state index in [1.165, 1.54) is 0 Å². The van der Waals surface area contributed by atoms with Crippen LogP contribution in [0.25, 0.3) is 11.1 Å². The van der Waals surface area contributed by atoms with Crippen LogP contribution >= 0.6 is 0 Å². The lowest BCUT2D eigenvalue weighted by Crippen LogP contribution is -2.42. The molecule has 1 fully saturated rings. The van der Waals surface area contributed by atoms with Crippen LogP contribution in [0, 0.1) is 11.3 Å². The number of piperidine rings is 1. The highest BCUT2D eigenvalue weighted by Crippen LogP contribution is 2.24. The Bertz CT molecular complexity index is 736. The Morgan fingerprint density at radius 1 is 1.04 bits per heavy atom. The van der Waals surface area contributed by atoms with E-state index in [9.17, 15) is 4.79 Å². The van der Waals surface area contributed by atoms with Gasteiger partial charge in [0.25, 0.3) is 0 Å². The van der Waals surface area contributed by atoms with E-state index >= 15 is 0 Å². The van der Waals surface area contributed by atoms with E-state index in [1.54, 1.807) is 0 Å². The molecule has 0 aliphatic carbocycles. The Morgan fingerprint density at radius 3 is 2.27 bits per heavy atom. The van der Waals surface area contributed by atoms with Crippen molar-refractivity contribution < 1.29 is 9.53 Å². The maximum atomic E-state index is 12.1. The number of guanidine groups is 1. The molecule has 0 bridgehead atoms. The second-order valence-corrected chi connectivity index (χ2v) is 6.72. The van der Waals surface area contributed by atoms with Crippen LogP contribution in [0.1, 0.15) is 25.7 Å². The van der Waals surface area contributed by atoms with Gasteiger partial charge in [-0.05, 0) is 48.4 Å². The molecular formula is C21H25N3O2. The first-order valence-corrected chi connectivity index (χ1v) is 9.07. The van der Waals surface area contributed by atoms with Crippen LogP contribution in [0.2, 0.25) is 0 Å². The number of likely N-dealkylation sites (tertiary alicyclic amines) is 1. The number of benzene rings is 2. The van der Waals surface area contributed by atoms with Crippen molar-refractivity contribution in [3.05, 3.63) is 54.6 Å². The van der Waals surface area contributed by atoms with Gasteiger partial charge in [-0.3, -0.25) is 10.2 Å². The molecule has 1 aliphatic heterocycles. The average Bonchev–Trinajstić information content (AvgIpc) is 2.68. The number of esters is 1. The third kappa shape index (κ3) is 4.85. The molecule has 1 saturated heterocycles. The molecule has 0 amide bonds. The van der Waals surface area contributed by atoms with E-state index in [0.29, 0.717) is 18.1 Å². The summed E-state index contributed by atoms with van der Waals surface area (Å²) in [4.78, 5) is 14.0. The molecule has 3 N–H and O–H groups in total. The summed E-state index contributed by atoms with van der Waals surface area (Å²) in [7, 11) is 0. The normalized spacial score (nSPS) is 14.8. The highest BCUT2D eigenvalue weighted by molar-refractivity contribution is 5.74. The van der Waals surface area contributed by atoms with E-state index in [0.717, 1.165) is 43.5 Å². The molecule has 0 spiro atoms. The fraction of sp³-hybridized carbons (Fsp3) is 0.333. The summed E-state index contributed by atoms with van der Waals surface area (Å²) in [5, 5.41) is 7.45. The van der Waals surface area contributed by atoms with Crippen molar-refractivity contribution in [3.8, 4) is 16.9 Å². The maximum Gasteiger partial charge on any atom is 0.311 e. The number of hydrogen-bond donors (Lipinski definition) is 2. The van der Waals surface area contributed by atoms with Gasteiger partial charge in [-0.15, -0.1) is 0 Å². The number of rotatable bonds is 5. The number of ether oxygens (including phenoxy) is 1. The van der Waals surface area contributed by atoms with E-state index in [2.05, 4.69) is 12.1 Å². The summed E-state index contributed by atoms with van der Waals surface area (Å²) in [6, 6.07) is 17.7. The van der Waals surface area contributed by atoms with Crippen molar-refractivity contribution in [2.24, 2.45) is 11.7 Å². The van der Waals surface area contributed by atoms with Gasteiger partial charge in [-0.1, -0.05) is 42.5 Å². The van der Waals surface area contributed by atoms with Crippen molar-refractivity contribution in [1.29, 1.82) is 5.41 Å². The number of nitrogens with zero attached hydrogens (tertiary/aromatic N) is 1. The second-order valence-electron chi connectivity index (χ2n) is 6.72. The number of carbonyl (C=O) groups excluding carboxylic acids is 1. The first-order chi connectivity index (χ1) is 12.6. The average molecular weight is 351 g/mol. The van der Waals surface area contributed by atoms with Crippen LogP contribution in [0.5, 0.6) is 5.75 Å². The molecule has 26 heavy (non-hydrogen) atoms. The van der Waals surface area contributed by atoms with Crippen LogP contribution in [0.4, 0.5) is 0 Å². The number of carbonyl (C=O) groups is 1. The zero-order valence-corrected chi connectivity index (χ0v) is 14.9. The molecule has 0 saturated carbocycles. The quantitative estimate of drug-likeness (QED) is 0.373. The van der Waals surface area contributed by atoms with Crippen LogP contribution in [-0.4, -0.2) is 29.9 Å². The Balaban J connectivity index is 1.44. The molecule has 2 aromatic carbocycles. The summed E-state index contributed by atoms with van der Waals surface area (Å²) in [5.74, 6) is 1.04. The molecule has 136 valence electrons. The van der Waals surface area contributed by atoms with Gasteiger partial charge < -0.3 is 15.4 Å². The standard InChI is InChI=1S/C21H25N3O2/c22-21(23)24-14-12-16(13-15-24)6-11-20(25)26-19-9-7-18(8-10-19)17-4-2-1-3-5-17/h1-5,7-10,16H,6,11-15H2,(H3,22,23). The van der Waals surface area contributed by atoms with Gasteiger partial charge in [-0.25, -0.2) is 0 Å². The van der Waals surface area contributed by atoms with Crippen molar-refractivity contribution in [2.75, 3.05) is 13.1 Å². The van der Waals surface area contributed by atoms with E-state index in [1.807, 2.05) is 47.4 Å². The van der Waals surface area contributed by atoms with Crippen molar-refractivity contribution in [2.45, 2.75) is 25.7 Å². The Kier molecular flexibility index (Phi) is 5.89.